The van der Waals surface area contributed by atoms with Gasteiger partial charge in [0.25, 0.3) is 11.5 Å². The fourth-order valence-electron chi connectivity index (χ4n) is 2.85. The van der Waals surface area contributed by atoms with Crippen molar-refractivity contribution in [3.05, 3.63) is 80.7 Å². The van der Waals surface area contributed by atoms with E-state index in [2.05, 4.69) is 15.4 Å². The van der Waals surface area contributed by atoms with Crippen LogP contribution in [0.15, 0.2) is 58.7 Å². The summed E-state index contributed by atoms with van der Waals surface area (Å²) in [4.78, 5) is 30.7. The van der Waals surface area contributed by atoms with E-state index in [4.69, 9.17) is 0 Å². The molecule has 152 valence electrons. The van der Waals surface area contributed by atoms with Gasteiger partial charge in [-0.3, -0.25) is 9.59 Å². The predicted octanol–water partition coefficient (Wildman–Crippen LogP) is 3.97. The number of amides is 1. The summed E-state index contributed by atoms with van der Waals surface area (Å²) < 4.78 is 14.4. The van der Waals surface area contributed by atoms with Gasteiger partial charge in [0.2, 0.25) is 0 Å². The van der Waals surface area contributed by atoms with Crippen LogP contribution in [0.1, 0.15) is 15.4 Å². The Balaban J connectivity index is 1.43. The Morgan fingerprint density at radius 2 is 1.97 bits per heavy atom. The van der Waals surface area contributed by atoms with Crippen molar-refractivity contribution in [2.75, 3.05) is 6.54 Å². The van der Waals surface area contributed by atoms with E-state index in [-0.39, 0.29) is 30.4 Å². The van der Waals surface area contributed by atoms with Crippen LogP contribution in [0.4, 0.5) is 4.39 Å². The minimum absolute atomic E-state index is 0.218. The van der Waals surface area contributed by atoms with Crippen molar-refractivity contribution in [3.63, 3.8) is 0 Å². The first-order chi connectivity index (χ1) is 14.5. The van der Waals surface area contributed by atoms with E-state index in [1.54, 1.807) is 36.5 Å². The third-order valence-electron chi connectivity index (χ3n) is 4.35. The molecule has 3 heterocycles. The maximum Gasteiger partial charge on any atom is 0.266 e. The van der Waals surface area contributed by atoms with E-state index < -0.39 is 0 Å². The Morgan fingerprint density at radius 1 is 1.17 bits per heavy atom. The Morgan fingerprint density at radius 3 is 2.70 bits per heavy atom. The van der Waals surface area contributed by atoms with Gasteiger partial charge in [0.15, 0.2) is 0 Å². The van der Waals surface area contributed by atoms with Gasteiger partial charge in [0.05, 0.1) is 22.8 Å². The van der Waals surface area contributed by atoms with E-state index in [1.165, 1.54) is 34.2 Å². The Kier molecular flexibility index (Phi) is 5.82. The lowest BCUT2D eigenvalue weighted by Crippen LogP contribution is -2.31. The highest BCUT2D eigenvalue weighted by Gasteiger charge is 2.16. The van der Waals surface area contributed by atoms with Crippen LogP contribution in [0.3, 0.4) is 0 Å². The van der Waals surface area contributed by atoms with Crippen LogP contribution in [0, 0.1) is 12.7 Å². The zero-order valence-corrected chi connectivity index (χ0v) is 17.6. The molecule has 6 nitrogen and oxygen atoms in total. The number of thiophene rings is 1. The number of thiazole rings is 1. The van der Waals surface area contributed by atoms with Gasteiger partial charge in [0.1, 0.15) is 15.7 Å². The number of nitrogens with one attached hydrogen (secondary N) is 1. The van der Waals surface area contributed by atoms with Gasteiger partial charge < -0.3 is 5.32 Å². The van der Waals surface area contributed by atoms with Crippen LogP contribution in [0.5, 0.6) is 0 Å². The minimum atomic E-state index is -0.338. The standard InChI is InChI=1S/C21H17FN4O2S2/c1-13-19(30-21(24-13)17-3-2-12-29-17)20(28)23-10-11-26-18(27)9-8-16(25-26)14-4-6-15(22)7-5-14/h2-9,12H,10-11H2,1H3,(H,23,28). The number of hydrogen-bond donors (Lipinski definition) is 1. The van der Waals surface area contributed by atoms with Crippen molar-refractivity contribution < 1.29 is 9.18 Å². The molecule has 0 aliphatic rings. The maximum absolute atomic E-state index is 13.1. The van der Waals surface area contributed by atoms with Gasteiger partial charge in [-0.2, -0.15) is 5.10 Å². The van der Waals surface area contributed by atoms with E-state index in [9.17, 15) is 14.0 Å². The number of aromatic nitrogens is 3. The van der Waals surface area contributed by atoms with Crippen molar-refractivity contribution >= 4 is 28.6 Å². The van der Waals surface area contributed by atoms with E-state index in [1.807, 2.05) is 17.5 Å². The summed E-state index contributed by atoms with van der Waals surface area (Å²) in [6, 6.07) is 12.8. The molecule has 0 bridgehead atoms. The third-order valence-corrected chi connectivity index (χ3v) is 6.55. The number of rotatable bonds is 6. The number of halogens is 1. The molecule has 1 aromatic carbocycles. The topological polar surface area (TPSA) is 76.9 Å². The zero-order chi connectivity index (χ0) is 21.1. The molecule has 0 spiro atoms. The quantitative estimate of drug-likeness (QED) is 0.492. The highest BCUT2D eigenvalue weighted by Crippen LogP contribution is 2.30. The molecule has 0 saturated heterocycles. The highest BCUT2D eigenvalue weighted by molar-refractivity contribution is 7.22. The molecule has 0 unspecified atom stereocenters. The van der Waals surface area contributed by atoms with Crippen molar-refractivity contribution in [1.29, 1.82) is 0 Å². The molecule has 1 N–H and O–H groups in total. The van der Waals surface area contributed by atoms with E-state index in [0.29, 0.717) is 21.8 Å². The van der Waals surface area contributed by atoms with Crippen LogP contribution < -0.4 is 10.9 Å². The normalized spacial score (nSPS) is 10.9. The molecule has 0 fully saturated rings. The molecule has 0 aliphatic carbocycles. The lowest BCUT2D eigenvalue weighted by Gasteiger charge is -2.08. The van der Waals surface area contributed by atoms with Crippen molar-refractivity contribution in [2.24, 2.45) is 0 Å². The maximum atomic E-state index is 13.1. The average Bonchev–Trinajstić information content (AvgIpc) is 3.40. The van der Waals surface area contributed by atoms with Crippen LogP contribution in [-0.4, -0.2) is 27.2 Å². The molecule has 1 amide bonds. The summed E-state index contributed by atoms with van der Waals surface area (Å²) in [5.74, 6) is -0.564. The molecule has 0 radical (unpaired) electrons. The number of aryl methyl sites for hydroxylation is 1. The van der Waals surface area contributed by atoms with Crippen molar-refractivity contribution in [2.45, 2.75) is 13.5 Å². The highest BCUT2D eigenvalue weighted by atomic mass is 32.1. The molecule has 30 heavy (non-hydrogen) atoms. The first kappa shape index (κ1) is 20.1. The molecular weight excluding hydrogens is 423 g/mol. The van der Waals surface area contributed by atoms with E-state index in [0.717, 1.165) is 9.88 Å². The average molecular weight is 441 g/mol. The number of carbonyl (C=O) groups is 1. The van der Waals surface area contributed by atoms with Gasteiger partial charge in [-0.15, -0.1) is 22.7 Å². The minimum Gasteiger partial charge on any atom is -0.349 e. The molecule has 4 aromatic rings. The van der Waals surface area contributed by atoms with Gasteiger partial charge in [-0.25, -0.2) is 14.1 Å². The largest absolute Gasteiger partial charge is 0.349 e. The molecule has 9 heteroatoms. The van der Waals surface area contributed by atoms with Gasteiger partial charge in [-0.05, 0) is 48.7 Å². The molecule has 0 saturated carbocycles. The number of hydrogen-bond acceptors (Lipinski definition) is 6. The lowest BCUT2D eigenvalue weighted by molar-refractivity contribution is 0.0955. The monoisotopic (exact) mass is 440 g/mol. The summed E-state index contributed by atoms with van der Waals surface area (Å²) in [5.41, 5.74) is 1.66. The van der Waals surface area contributed by atoms with Crippen LogP contribution in [0.25, 0.3) is 21.1 Å². The smallest absolute Gasteiger partial charge is 0.266 e. The van der Waals surface area contributed by atoms with Gasteiger partial charge in [0, 0.05) is 18.2 Å². The van der Waals surface area contributed by atoms with Crippen LogP contribution >= 0.6 is 22.7 Å². The fourth-order valence-corrected chi connectivity index (χ4v) is 4.63. The second kappa shape index (κ2) is 8.68. The number of benzene rings is 1. The summed E-state index contributed by atoms with van der Waals surface area (Å²) >= 11 is 2.92. The van der Waals surface area contributed by atoms with Crippen LogP contribution in [0.2, 0.25) is 0 Å². The molecule has 3 aromatic heterocycles. The second-order valence-corrected chi connectivity index (χ2v) is 8.40. The summed E-state index contributed by atoms with van der Waals surface area (Å²) in [6.07, 6.45) is 0. The predicted molar refractivity (Wildman–Crippen MR) is 116 cm³/mol. The summed E-state index contributed by atoms with van der Waals surface area (Å²) in [5, 5.41) is 9.93. The molecular formula is C21H17FN4O2S2. The molecule has 0 atom stereocenters. The fraction of sp³-hybridized carbons (Fsp3) is 0.143. The second-order valence-electron chi connectivity index (χ2n) is 6.45. The summed E-state index contributed by atoms with van der Waals surface area (Å²) in [7, 11) is 0. The lowest BCUT2D eigenvalue weighted by atomic mass is 10.1. The third kappa shape index (κ3) is 4.37. The van der Waals surface area contributed by atoms with Crippen LogP contribution in [-0.2, 0) is 6.54 Å². The summed E-state index contributed by atoms with van der Waals surface area (Å²) in [6.45, 7) is 2.26. The number of carbonyl (C=O) groups excluding carboxylic acids is 1. The SMILES string of the molecule is Cc1nc(-c2cccs2)sc1C(=O)NCCn1nc(-c2ccc(F)cc2)ccc1=O. The van der Waals surface area contributed by atoms with Crippen molar-refractivity contribution in [1.82, 2.24) is 20.1 Å². The molecule has 0 aliphatic heterocycles. The number of nitrogens with zero attached hydrogens (tertiary/aromatic N) is 3. The van der Waals surface area contributed by atoms with Gasteiger partial charge in [-0.1, -0.05) is 6.07 Å². The first-order valence-corrected chi connectivity index (χ1v) is 10.8. The Hall–Kier alpha value is -3.17. The van der Waals surface area contributed by atoms with Gasteiger partial charge >= 0.3 is 0 Å². The first-order valence-electron chi connectivity index (χ1n) is 9.15. The Labute approximate surface area is 179 Å². The molecule has 4 rings (SSSR count). The zero-order valence-electron chi connectivity index (χ0n) is 16.0. The van der Waals surface area contributed by atoms with E-state index >= 15 is 0 Å². The van der Waals surface area contributed by atoms with Crippen molar-refractivity contribution in [3.8, 4) is 21.1 Å². The Bertz CT molecular complexity index is 1230.